The monoisotopic (exact) mass is 394 g/mol. The molecule has 154 valence electrons. The number of ketones is 1. The fourth-order valence-electron chi connectivity index (χ4n) is 3.56. The number of hydrogen-bond donors (Lipinski definition) is 3. The van der Waals surface area contributed by atoms with E-state index in [0.717, 1.165) is 0 Å². The third-order valence-corrected chi connectivity index (χ3v) is 4.92. The maximum absolute atomic E-state index is 13.1. The zero-order chi connectivity index (χ0) is 21.2. The first-order chi connectivity index (χ1) is 12.9. The number of carboxylic acid groups (broad SMARTS) is 1. The number of aromatic carboxylic acids is 1. The lowest BCUT2D eigenvalue weighted by molar-refractivity contribution is -0.128. The second-order valence-electron chi connectivity index (χ2n) is 7.96. The van der Waals surface area contributed by atoms with Crippen molar-refractivity contribution in [1.29, 1.82) is 0 Å². The first-order valence-electron chi connectivity index (χ1n) is 8.97. The Kier molecular flexibility index (Phi) is 6.28. The second-order valence-corrected chi connectivity index (χ2v) is 7.96. The van der Waals surface area contributed by atoms with E-state index in [4.69, 9.17) is 14.9 Å². The SMILES string of the molecule is Cc1occ([C@H](CC(C)(C)CC(N)=O)C(=O)N[C@@H]2C(=O)CO[C@H]2C)c1C(=O)O. The highest BCUT2D eigenvalue weighted by Crippen LogP contribution is 2.37. The second kappa shape index (κ2) is 8.14. The summed E-state index contributed by atoms with van der Waals surface area (Å²) in [5.41, 5.74) is 4.72. The molecule has 1 saturated heterocycles. The number of amides is 2. The average Bonchev–Trinajstić information content (AvgIpc) is 3.08. The smallest absolute Gasteiger partial charge is 0.339 e. The van der Waals surface area contributed by atoms with Crippen LogP contribution in [0.1, 0.15) is 61.2 Å². The summed E-state index contributed by atoms with van der Waals surface area (Å²) in [4.78, 5) is 48.1. The summed E-state index contributed by atoms with van der Waals surface area (Å²) in [5, 5.41) is 12.2. The van der Waals surface area contributed by atoms with Gasteiger partial charge in [-0.2, -0.15) is 0 Å². The Morgan fingerprint density at radius 1 is 1.39 bits per heavy atom. The van der Waals surface area contributed by atoms with Crippen LogP contribution in [0, 0.1) is 12.3 Å². The van der Waals surface area contributed by atoms with Gasteiger partial charge in [0.2, 0.25) is 11.8 Å². The van der Waals surface area contributed by atoms with Gasteiger partial charge in [-0.05, 0) is 25.7 Å². The van der Waals surface area contributed by atoms with Crippen LogP contribution < -0.4 is 11.1 Å². The standard InChI is InChI=1S/C19H26N2O7/c1-9-15(18(25)26)12(7-27-9)11(5-19(3,4)6-14(20)23)17(24)21-16-10(2)28-8-13(16)22/h7,10-11,16H,5-6,8H2,1-4H3,(H2,20,23)(H,21,24)(H,25,26)/t10-,11-,16-/m0/s1. The van der Waals surface area contributed by atoms with Crippen molar-refractivity contribution in [3.8, 4) is 0 Å². The Labute approximate surface area is 162 Å². The van der Waals surface area contributed by atoms with Crippen LogP contribution in [0.25, 0.3) is 0 Å². The molecule has 0 unspecified atom stereocenters. The predicted octanol–water partition coefficient (Wildman–Crippen LogP) is 1.13. The predicted molar refractivity (Wildman–Crippen MR) is 97.7 cm³/mol. The third kappa shape index (κ3) is 4.78. The molecule has 0 aliphatic carbocycles. The van der Waals surface area contributed by atoms with Gasteiger partial charge in [0.15, 0.2) is 5.78 Å². The molecule has 0 spiro atoms. The van der Waals surface area contributed by atoms with Gasteiger partial charge in [-0.1, -0.05) is 13.8 Å². The molecule has 9 heteroatoms. The van der Waals surface area contributed by atoms with E-state index in [1.165, 1.54) is 13.2 Å². The maximum atomic E-state index is 13.1. The van der Waals surface area contributed by atoms with Crippen LogP contribution in [0.4, 0.5) is 0 Å². The van der Waals surface area contributed by atoms with E-state index < -0.39 is 41.3 Å². The topological polar surface area (TPSA) is 149 Å². The van der Waals surface area contributed by atoms with Crippen molar-refractivity contribution >= 4 is 23.6 Å². The summed E-state index contributed by atoms with van der Waals surface area (Å²) in [6.07, 6.45) is 0.898. The van der Waals surface area contributed by atoms with E-state index >= 15 is 0 Å². The number of hydrogen-bond acceptors (Lipinski definition) is 6. The minimum atomic E-state index is -1.22. The lowest BCUT2D eigenvalue weighted by Crippen LogP contribution is -2.46. The van der Waals surface area contributed by atoms with Crippen LogP contribution in [-0.4, -0.2) is 47.4 Å². The van der Waals surface area contributed by atoms with Crippen molar-refractivity contribution in [2.24, 2.45) is 11.1 Å². The zero-order valence-corrected chi connectivity index (χ0v) is 16.4. The Morgan fingerprint density at radius 2 is 2.04 bits per heavy atom. The fourth-order valence-corrected chi connectivity index (χ4v) is 3.56. The Bertz CT molecular complexity index is 796. The Hall–Kier alpha value is -2.68. The number of carboxylic acids is 1. The van der Waals surface area contributed by atoms with Crippen molar-refractivity contribution in [2.45, 2.75) is 58.6 Å². The fraction of sp³-hybridized carbons (Fsp3) is 0.579. The van der Waals surface area contributed by atoms with Crippen molar-refractivity contribution in [2.75, 3.05) is 6.61 Å². The van der Waals surface area contributed by atoms with Gasteiger partial charge in [0.1, 0.15) is 24.0 Å². The van der Waals surface area contributed by atoms with Gasteiger partial charge in [0, 0.05) is 12.0 Å². The normalized spacial score (nSPS) is 20.8. The molecule has 1 aliphatic rings. The molecule has 2 amide bonds. The van der Waals surface area contributed by atoms with E-state index in [9.17, 15) is 24.3 Å². The molecule has 1 aromatic rings. The molecular formula is C19H26N2O7. The highest BCUT2D eigenvalue weighted by Gasteiger charge is 2.39. The minimum Gasteiger partial charge on any atom is -0.478 e. The van der Waals surface area contributed by atoms with Crippen molar-refractivity contribution in [3.05, 3.63) is 23.2 Å². The highest BCUT2D eigenvalue weighted by molar-refractivity contribution is 5.96. The van der Waals surface area contributed by atoms with Gasteiger partial charge in [0.05, 0.1) is 18.3 Å². The van der Waals surface area contributed by atoms with Gasteiger partial charge in [-0.15, -0.1) is 0 Å². The number of aryl methyl sites for hydroxylation is 1. The highest BCUT2D eigenvalue weighted by atomic mass is 16.5. The van der Waals surface area contributed by atoms with Crippen LogP contribution in [0.15, 0.2) is 10.7 Å². The largest absolute Gasteiger partial charge is 0.478 e. The molecule has 0 aromatic carbocycles. The molecule has 9 nitrogen and oxygen atoms in total. The number of nitrogens with two attached hydrogens (primary N) is 1. The van der Waals surface area contributed by atoms with E-state index in [0.29, 0.717) is 0 Å². The molecule has 1 fully saturated rings. The number of carbonyl (C=O) groups excluding carboxylic acids is 3. The van der Waals surface area contributed by atoms with Crippen molar-refractivity contribution in [1.82, 2.24) is 5.32 Å². The number of primary amides is 1. The van der Waals surface area contributed by atoms with Gasteiger partial charge >= 0.3 is 5.97 Å². The van der Waals surface area contributed by atoms with Gasteiger partial charge in [0.25, 0.3) is 0 Å². The number of Topliss-reactive ketones (excluding diaryl/α,β-unsaturated/α-hetero) is 1. The van der Waals surface area contributed by atoms with Crippen LogP contribution in [-0.2, 0) is 19.1 Å². The summed E-state index contributed by atoms with van der Waals surface area (Å²) < 4.78 is 10.5. The number of carbonyl (C=O) groups is 4. The van der Waals surface area contributed by atoms with Gasteiger partial charge in [-0.25, -0.2) is 4.79 Å². The lowest BCUT2D eigenvalue weighted by atomic mass is 9.76. The molecule has 1 aliphatic heterocycles. The van der Waals surface area contributed by atoms with Crippen LogP contribution >= 0.6 is 0 Å². The molecule has 0 radical (unpaired) electrons. The number of ether oxygens (including phenoxy) is 1. The average molecular weight is 394 g/mol. The molecule has 28 heavy (non-hydrogen) atoms. The molecular weight excluding hydrogens is 368 g/mol. The zero-order valence-electron chi connectivity index (χ0n) is 16.4. The van der Waals surface area contributed by atoms with Crippen LogP contribution in [0.2, 0.25) is 0 Å². The molecule has 2 rings (SSSR count). The van der Waals surface area contributed by atoms with E-state index in [1.807, 2.05) is 0 Å². The Balaban J connectivity index is 2.39. The summed E-state index contributed by atoms with van der Waals surface area (Å²) in [6, 6.07) is -0.810. The summed E-state index contributed by atoms with van der Waals surface area (Å²) in [6.45, 7) is 6.60. The quantitative estimate of drug-likeness (QED) is 0.598. The van der Waals surface area contributed by atoms with E-state index in [2.05, 4.69) is 5.32 Å². The molecule has 4 N–H and O–H groups in total. The van der Waals surface area contributed by atoms with Crippen LogP contribution in [0.3, 0.4) is 0 Å². The number of nitrogens with one attached hydrogen (secondary N) is 1. The minimum absolute atomic E-state index is 0.0118. The summed E-state index contributed by atoms with van der Waals surface area (Å²) >= 11 is 0. The molecule has 1 aromatic heterocycles. The van der Waals surface area contributed by atoms with Crippen molar-refractivity contribution < 1.29 is 33.4 Å². The van der Waals surface area contributed by atoms with Gasteiger partial charge < -0.3 is 25.3 Å². The molecule has 0 saturated carbocycles. The molecule has 3 atom stereocenters. The number of rotatable bonds is 8. The van der Waals surface area contributed by atoms with E-state index in [-0.39, 0.29) is 42.1 Å². The lowest BCUT2D eigenvalue weighted by Gasteiger charge is -2.29. The summed E-state index contributed by atoms with van der Waals surface area (Å²) in [7, 11) is 0. The van der Waals surface area contributed by atoms with E-state index in [1.54, 1.807) is 20.8 Å². The third-order valence-electron chi connectivity index (χ3n) is 4.92. The molecule has 0 bridgehead atoms. The Morgan fingerprint density at radius 3 is 2.54 bits per heavy atom. The number of furan rings is 1. The first kappa shape index (κ1) is 21.6. The molecule has 2 heterocycles. The first-order valence-corrected chi connectivity index (χ1v) is 8.97. The summed E-state index contributed by atoms with van der Waals surface area (Å²) in [5.74, 6) is -3.31. The van der Waals surface area contributed by atoms with Gasteiger partial charge in [-0.3, -0.25) is 14.4 Å². The van der Waals surface area contributed by atoms with Crippen molar-refractivity contribution in [3.63, 3.8) is 0 Å². The van der Waals surface area contributed by atoms with Crippen LogP contribution in [0.5, 0.6) is 0 Å². The maximum Gasteiger partial charge on any atom is 0.339 e.